The van der Waals surface area contributed by atoms with Crippen molar-refractivity contribution in [1.82, 2.24) is 9.88 Å². The van der Waals surface area contributed by atoms with Crippen LogP contribution in [0.3, 0.4) is 0 Å². The van der Waals surface area contributed by atoms with E-state index in [1.807, 2.05) is 37.4 Å². The molecule has 0 fully saturated rings. The quantitative estimate of drug-likeness (QED) is 0.695. The lowest BCUT2D eigenvalue weighted by Gasteiger charge is -2.13. The van der Waals surface area contributed by atoms with Crippen LogP contribution in [0, 0.1) is 6.92 Å². The number of carbonyl (C=O) groups excluding carboxylic acids is 1. The highest BCUT2D eigenvalue weighted by atomic mass is 32.1. The second kappa shape index (κ2) is 6.34. The van der Waals surface area contributed by atoms with Gasteiger partial charge in [0.25, 0.3) is 0 Å². The number of benzene rings is 1. The molecule has 1 amide bonds. The van der Waals surface area contributed by atoms with E-state index in [1.54, 1.807) is 35.4 Å². The summed E-state index contributed by atoms with van der Waals surface area (Å²) in [6.45, 7) is 2.53. The number of anilines is 1. The van der Waals surface area contributed by atoms with Crippen LogP contribution in [0.4, 0.5) is 5.69 Å². The minimum Gasteiger partial charge on any atom is -0.399 e. The van der Waals surface area contributed by atoms with Gasteiger partial charge in [-0.1, -0.05) is 12.1 Å². The van der Waals surface area contributed by atoms with Crippen LogP contribution in [0.2, 0.25) is 0 Å². The summed E-state index contributed by atoms with van der Waals surface area (Å²) in [4.78, 5) is 18.9. The predicted octanol–water partition coefficient (Wildman–Crippen LogP) is 2.71. The number of carbonyl (C=O) groups is 1. The third-order valence-electron chi connectivity index (χ3n) is 2.77. The average molecular weight is 287 g/mol. The number of nitrogen functional groups attached to an aromatic ring is 1. The van der Waals surface area contributed by atoms with Crippen molar-refractivity contribution in [2.45, 2.75) is 13.5 Å². The minimum absolute atomic E-state index is 0.0431. The molecule has 2 rings (SSSR count). The summed E-state index contributed by atoms with van der Waals surface area (Å²) in [5, 5.41) is 1.01. The number of nitrogens with zero attached hydrogens (tertiary/aromatic N) is 2. The summed E-state index contributed by atoms with van der Waals surface area (Å²) in [5.74, 6) is -0.0431. The summed E-state index contributed by atoms with van der Waals surface area (Å²) >= 11 is 1.60. The summed E-state index contributed by atoms with van der Waals surface area (Å²) < 4.78 is 0. The molecule has 0 unspecified atom stereocenters. The number of thiazole rings is 1. The van der Waals surface area contributed by atoms with Crippen LogP contribution in [0.1, 0.15) is 15.4 Å². The number of likely N-dealkylation sites (N-methyl/N-ethyl adjacent to an activating group) is 1. The van der Waals surface area contributed by atoms with E-state index in [2.05, 4.69) is 4.98 Å². The number of hydrogen-bond donors (Lipinski definition) is 1. The number of hydrogen-bond acceptors (Lipinski definition) is 4. The summed E-state index contributed by atoms with van der Waals surface area (Å²) in [5.41, 5.74) is 7.30. The van der Waals surface area contributed by atoms with Crippen LogP contribution in [-0.2, 0) is 11.3 Å². The van der Waals surface area contributed by atoms with Gasteiger partial charge in [-0.2, -0.15) is 0 Å². The van der Waals surface area contributed by atoms with E-state index in [-0.39, 0.29) is 5.91 Å². The van der Waals surface area contributed by atoms with Gasteiger partial charge >= 0.3 is 0 Å². The molecule has 0 aliphatic heterocycles. The van der Waals surface area contributed by atoms with E-state index < -0.39 is 0 Å². The van der Waals surface area contributed by atoms with Crippen LogP contribution in [0.25, 0.3) is 6.08 Å². The monoisotopic (exact) mass is 287 g/mol. The zero-order valence-corrected chi connectivity index (χ0v) is 12.4. The van der Waals surface area contributed by atoms with Crippen molar-refractivity contribution >= 4 is 29.0 Å². The second-order valence-corrected chi connectivity index (χ2v) is 5.86. The Morgan fingerprint density at radius 1 is 1.50 bits per heavy atom. The molecule has 0 aliphatic carbocycles. The first kappa shape index (κ1) is 14.3. The first-order valence-electron chi connectivity index (χ1n) is 6.24. The van der Waals surface area contributed by atoms with Gasteiger partial charge in [-0.05, 0) is 30.7 Å². The van der Waals surface area contributed by atoms with Crippen LogP contribution in [-0.4, -0.2) is 22.8 Å². The molecule has 0 saturated heterocycles. The molecule has 0 saturated carbocycles. The molecule has 104 valence electrons. The van der Waals surface area contributed by atoms with Crippen molar-refractivity contribution in [3.8, 4) is 0 Å². The topological polar surface area (TPSA) is 59.2 Å². The fourth-order valence-corrected chi connectivity index (χ4v) is 2.60. The van der Waals surface area contributed by atoms with Gasteiger partial charge < -0.3 is 10.6 Å². The lowest BCUT2D eigenvalue weighted by molar-refractivity contribution is -0.125. The maximum atomic E-state index is 12.0. The molecule has 1 heterocycles. The van der Waals surface area contributed by atoms with Crippen molar-refractivity contribution in [3.05, 3.63) is 52.0 Å². The van der Waals surface area contributed by atoms with E-state index in [4.69, 9.17) is 5.73 Å². The predicted molar refractivity (Wildman–Crippen MR) is 83.2 cm³/mol. The first-order chi connectivity index (χ1) is 9.54. The van der Waals surface area contributed by atoms with Gasteiger partial charge in [0.1, 0.15) is 0 Å². The molecule has 2 N–H and O–H groups in total. The Kier molecular flexibility index (Phi) is 4.53. The van der Waals surface area contributed by atoms with Crippen LogP contribution < -0.4 is 5.73 Å². The van der Waals surface area contributed by atoms with Crippen molar-refractivity contribution in [2.24, 2.45) is 0 Å². The van der Waals surface area contributed by atoms with Crippen LogP contribution >= 0.6 is 11.3 Å². The molecule has 0 bridgehead atoms. The molecule has 0 atom stereocenters. The van der Waals surface area contributed by atoms with E-state index in [0.717, 1.165) is 15.4 Å². The fourth-order valence-electron chi connectivity index (χ4n) is 1.75. The molecular formula is C15H17N3OS. The molecule has 0 spiro atoms. The Morgan fingerprint density at radius 2 is 2.30 bits per heavy atom. The number of amides is 1. The van der Waals surface area contributed by atoms with Gasteiger partial charge in [0.2, 0.25) is 5.91 Å². The smallest absolute Gasteiger partial charge is 0.246 e. The lowest BCUT2D eigenvalue weighted by atomic mass is 10.2. The molecule has 4 nitrogen and oxygen atoms in total. The Labute approximate surface area is 122 Å². The van der Waals surface area contributed by atoms with Gasteiger partial charge in [-0.15, -0.1) is 11.3 Å². The molecule has 1 aromatic carbocycles. The maximum absolute atomic E-state index is 12.0. The molecule has 0 radical (unpaired) electrons. The van der Waals surface area contributed by atoms with Crippen molar-refractivity contribution in [1.29, 1.82) is 0 Å². The standard InChI is InChI=1S/C15H17N3OS/c1-11-17-9-14(20-11)10-18(2)15(19)7-6-12-4-3-5-13(16)8-12/h3-9H,10,16H2,1-2H3/b7-6+. The van der Waals surface area contributed by atoms with Crippen LogP contribution in [0.5, 0.6) is 0 Å². The largest absolute Gasteiger partial charge is 0.399 e. The second-order valence-electron chi connectivity index (χ2n) is 4.54. The van der Waals surface area contributed by atoms with Gasteiger partial charge in [0, 0.05) is 29.9 Å². The highest BCUT2D eigenvalue weighted by molar-refractivity contribution is 7.11. The van der Waals surface area contributed by atoms with Crippen molar-refractivity contribution in [2.75, 3.05) is 12.8 Å². The van der Waals surface area contributed by atoms with Gasteiger partial charge in [-0.3, -0.25) is 4.79 Å². The number of aromatic nitrogens is 1. The molecular weight excluding hydrogens is 270 g/mol. The third kappa shape index (κ3) is 3.93. The summed E-state index contributed by atoms with van der Waals surface area (Å²) in [7, 11) is 1.78. The average Bonchev–Trinajstić information content (AvgIpc) is 2.81. The SMILES string of the molecule is Cc1ncc(CN(C)C(=O)/C=C/c2cccc(N)c2)s1. The number of rotatable bonds is 4. The van der Waals surface area contributed by atoms with Crippen molar-refractivity contribution in [3.63, 3.8) is 0 Å². The normalized spacial score (nSPS) is 10.9. The number of aryl methyl sites for hydroxylation is 1. The molecule has 20 heavy (non-hydrogen) atoms. The van der Waals surface area contributed by atoms with E-state index in [1.165, 1.54) is 0 Å². The Bertz CT molecular complexity index is 634. The zero-order chi connectivity index (χ0) is 14.5. The molecule has 0 aliphatic rings. The molecule has 2 aromatic rings. The lowest BCUT2D eigenvalue weighted by Crippen LogP contribution is -2.23. The summed E-state index contributed by atoms with van der Waals surface area (Å²) in [6.07, 6.45) is 5.14. The van der Waals surface area contributed by atoms with Gasteiger partial charge in [0.15, 0.2) is 0 Å². The van der Waals surface area contributed by atoms with Gasteiger partial charge in [0.05, 0.1) is 11.6 Å². The third-order valence-corrected chi connectivity index (χ3v) is 3.66. The minimum atomic E-state index is -0.0431. The van der Waals surface area contributed by atoms with Crippen molar-refractivity contribution < 1.29 is 4.79 Å². The maximum Gasteiger partial charge on any atom is 0.246 e. The molecule has 5 heteroatoms. The fraction of sp³-hybridized carbons (Fsp3) is 0.200. The number of nitrogens with two attached hydrogens (primary N) is 1. The van der Waals surface area contributed by atoms with E-state index >= 15 is 0 Å². The van der Waals surface area contributed by atoms with Gasteiger partial charge in [-0.25, -0.2) is 4.98 Å². The molecule has 1 aromatic heterocycles. The highest BCUT2D eigenvalue weighted by Crippen LogP contribution is 2.14. The zero-order valence-electron chi connectivity index (χ0n) is 11.5. The van der Waals surface area contributed by atoms with E-state index in [9.17, 15) is 4.79 Å². The van der Waals surface area contributed by atoms with Crippen LogP contribution in [0.15, 0.2) is 36.5 Å². The Morgan fingerprint density at radius 3 is 2.95 bits per heavy atom. The Balaban J connectivity index is 1.97. The summed E-state index contributed by atoms with van der Waals surface area (Å²) in [6, 6.07) is 7.42. The first-order valence-corrected chi connectivity index (χ1v) is 7.06. The highest BCUT2D eigenvalue weighted by Gasteiger charge is 2.07. The Hall–Kier alpha value is -2.14. The van der Waals surface area contributed by atoms with E-state index in [0.29, 0.717) is 12.2 Å².